The first-order valence-electron chi connectivity index (χ1n) is 13.6. The Morgan fingerprint density at radius 3 is 2.08 bits per heavy atom. The van der Waals surface area contributed by atoms with Crippen LogP contribution in [0.3, 0.4) is 0 Å². The Morgan fingerprint density at radius 1 is 0.895 bits per heavy atom. The second kappa shape index (κ2) is 11.8. The van der Waals surface area contributed by atoms with Crippen molar-refractivity contribution >= 4 is 9.83 Å². The van der Waals surface area contributed by atoms with E-state index < -0.39 is 0 Å². The maximum absolute atomic E-state index is 3.39. The number of allylic oxidation sites excluding steroid dienone is 6. The predicted molar refractivity (Wildman–Crippen MR) is 153 cm³/mol. The third-order valence-electron chi connectivity index (χ3n) is 11.3. The van der Waals surface area contributed by atoms with E-state index in [9.17, 15) is 0 Å². The van der Waals surface area contributed by atoms with Crippen LogP contribution in [0.15, 0.2) is 83.5 Å². The van der Waals surface area contributed by atoms with Crippen LogP contribution in [0.4, 0.5) is 0 Å². The number of fused-ring (bicyclic) bond motifs is 6. The molecule has 2 unspecified atom stereocenters. The molecule has 0 heterocycles. The summed E-state index contributed by atoms with van der Waals surface area (Å²) in [6.45, 7) is 20.3. The van der Waals surface area contributed by atoms with Crippen molar-refractivity contribution in [1.82, 2.24) is 0 Å². The van der Waals surface area contributed by atoms with E-state index in [1.165, 1.54) is 24.0 Å². The van der Waals surface area contributed by atoms with Gasteiger partial charge >= 0.3 is 28.2 Å². The molecule has 2 atom stereocenters. The fourth-order valence-corrected chi connectivity index (χ4v) is 7.89. The fraction of sp³-hybridized carbons (Fsp3) is 0.457. The van der Waals surface area contributed by atoms with E-state index in [4.69, 9.17) is 0 Å². The van der Waals surface area contributed by atoms with Crippen LogP contribution in [0.5, 0.6) is 0 Å². The molecule has 4 aliphatic carbocycles. The zero-order valence-corrected chi connectivity index (χ0v) is 29.6. The minimum atomic E-state index is 0. The quantitative estimate of drug-likeness (QED) is 0.291. The van der Waals surface area contributed by atoms with Gasteiger partial charge in [-0.25, -0.2) is 18.1 Å². The van der Waals surface area contributed by atoms with Crippen LogP contribution in [-0.4, -0.2) is 4.26 Å². The molecule has 2 aromatic rings. The molecule has 0 aliphatic heterocycles. The summed E-state index contributed by atoms with van der Waals surface area (Å²) in [6.07, 6.45) is 8.50. The zero-order chi connectivity index (χ0) is 26.5. The van der Waals surface area contributed by atoms with Gasteiger partial charge in [-0.1, -0.05) is 113 Å². The summed E-state index contributed by atoms with van der Waals surface area (Å²) < 4.78 is 3.39. The maximum Gasteiger partial charge on any atom is -0.172 e. The Labute approximate surface area is 259 Å². The van der Waals surface area contributed by atoms with E-state index >= 15 is 0 Å². The first-order chi connectivity index (χ1) is 17.0. The molecule has 0 amide bonds. The van der Waals surface area contributed by atoms with E-state index in [0.717, 1.165) is 30.3 Å². The first kappa shape index (κ1) is 33.2. The van der Waals surface area contributed by atoms with E-state index in [0.29, 0.717) is 5.92 Å². The summed E-state index contributed by atoms with van der Waals surface area (Å²) in [6, 6.07) is 19.2. The molecule has 4 aliphatic rings. The van der Waals surface area contributed by atoms with Crippen molar-refractivity contribution in [1.29, 1.82) is 0 Å². The van der Waals surface area contributed by atoms with Crippen molar-refractivity contribution in [3.8, 4) is 0 Å². The number of hydrogen-bond donors (Lipinski definition) is 0. The van der Waals surface area contributed by atoms with Gasteiger partial charge in [0.15, 0.2) is 0 Å². The molecule has 0 bridgehead atoms. The molecule has 0 radical (unpaired) electrons. The van der Waals surface area contributed by atoms with Crippen LogP contribution in [0, 0.1) is 33.5 Å². The summed E-state index contributed by atoms with van der Waals surface area (Å²) in [4.78, 5) is 0. The van der Waals surface area contributed by atoms with Gasteiger partial charge in [0.05, 0.1) is 0 Å². The maximum atomic E-state index is 3.39. The van der Waals surface area contributed by atoms with Crippen molar-refractivity contribution in [2.24, 2.45) is 27.6 Å². The van der Waals surface area contributed by atoms with Crippen LogP contribution in [0.1, 0.15) is 79.4 Å². The summed E-state index contributed by atoms with van der Waals surface area (Å²) in [5.74, 6) is 2.24. The summed E-state index contributed by atoms with van der Waals surface area (Å²) in [7, 11) is 0. The van der Waals surface area contributed by atoms with Crippen molar-refractivity contribution < 1.29 is 48.7 Å². The van der Waals surface area contributed by atoms with Gasteiger partial charge in [-0.05, 0) is 40.6 Å². The molecule has 1 fully saturated rings. The monoisotopic (exact) mass is 714 g/mol. The van der Waals surface area contributed by atoms with Gasteiger partial charge in [-0.2, -0.15) is 29.3 Å². The summed E-state index contributed by atoms with van der Waals surface area (Å²) in [5.41, 5.74) is 10.3. The average molecular weight is 714 g/mol. The molecule has 0 spiro atoms. The second-order valence-electron chi connectivity index (χ2n) is 12.7. The van der Waals surface area contributed by atoms with E-state index in [2.05, 4.69) is 96.1 Å². The van der Waals surface area contributed by atoms with Crippen molar-refractivity contribution in [3.05, 3.63) is 101 Å². The van der Waals surface area contributed by atoms with Gasteiger partial charge in [0.2, 0.25) is 0 Å². The Morgan fingerprint density at radius 2 is 1.50 bits per heavy atom. The van der Waals surface area contributed by atoms with Gasteiger partial charge in [0.1, 0.15) is 0 Å². The largest absolute Gasteiger partial charge is 1.00 e. The van der Waals surface area contributed by atoms with Gasteiger partial charge < -0.3 is 24.8 Å². The standard InChI is InChI=1S/C29H37.C5H5.CH2.2ClH.Hf/c1-18-25-22-17-19-13-9-10-14-20(19)24(22)21-15-11-12-16-23(21)29(25,8)28(6,7)27(4,5)26(18,2)3;1-2-4-5-3-1;;;;/h9-11,13-15,23H,12,16-17H2,1-8H3;1-5H;1H2;2*1H;/q2*-1;;;;+2/p-2. The molecular weight excluding hydrogens is 670 g/mol. The van der Waals surface area contributed by atoms with E-state index in [-0.39, 0.29) is 46.5 Å². The van der Waals surface area contributed by atoms with Gasteiger partial charge in [-0.3, -0.25) is 0 Å². The smallest absolute Gasteiger partial charge is 0.172 e. The molecule has 6 rings (SSSR count). The number of rotatable bonds is 0. The van der Waals surface area contributed by atoms with Crippen LogP contribution in [0.2, 0.25) is 0 Å². The molecule has 2 aromatic carbocycles. The van der Waals surface area contributed by atoms with Crippen LogP contribution >= 0.6 is 0 Å². The molecule has 0 saturated heterocycles. The molecule has 3 heteroatoms. The molecule has 1 saturated carbocycles. The van der Waals surface area contributed by atoms with Crippen LogP contribution < -0.4 is 24.8 Å². The Kier molecular flexibility index (Phi) is 10.3. The summed E-state index contributed by atoms with van der Waals surface area (Å²) >= 11 is 1.06. The number of halogens is 2. The number of hydrogen-bond acceptors (Lipinski definition) is 0. The topological polar surface area (TPSA) is 0 Å². The van der Waals surface area contributed by atoms with Crippen LogP contribution in [-0.2, 0) is 30.3 Å². The second-order valence-corrected chi connectivity index (χ2v) is 12.7. The van der Waals surface area contributed by atoms with E-state index in [1.807, 2.05) is 30.3 Å². The van der Waals surface area contributed by atoms with Gasteiger partial charge in [0, 0.05) is 0 Å². The van der Waals surface area contributed by atoms with Crippen LogP contribution in [0.25, 0.3) is 5.57 Å². The third-order valence-corrected chi connectivity index (χ3v) is 11.3. The minimum absolute atomic E-state index is 0. The SMILES string of the molecule is C[C-]1C2=C3Cc4ccccc4C3=C3C=CCCC3C2(C)C(C)(C)C(C)(C)C1(C)C.[CH2]=[Hf+2].[Cl-].[Cl-].c1cc[cH-]c1. The third kappa shape index (κ3) is 4.48. The molecule has 0 N–H and O–H groups in total. The molecule has 0 nitrogen and oxygen atoms in total. The molecule has 0 aromatic heterocycles. The Balaban J connectivity index is 0.000000500. The molecular formula is C35H44Cl2Hf-2. The fourth-order valence-electron chi connectivity index (χ4n) is 7.89. The molecule has 38 heavy (non-hydrogen) atoms. The minimum Gasteiger partial charge on any atom is -1.00 e. The Bertz CT molecular complexity index is 1190. The van der Waals surface area contributed by atoms with Crippen molar-refractivity contribution in [3.63, 3.8) is 0 Å². The number of benzene rings is 1. The van der Waals surface area contributed by atoms with Gasteiger partial charge in [0.25, 0.3) is 0 Å². The van der Waals surface area contributed by atoms with Crippen molar-refractivity contribution in [2.75, 3.05) is 0 Å². The van der Waals surface area contributed by atoms with Crippen molar-refractivity contribution in [2.45, 2.75) is 74.7 Å². The first-order valence-corrected chi connectivity index (χ1v) is 16.1. The van der Waals surface area contributed by atoms with E-state index in [1.54, 1.807) is 28.2 Å². The predicted octanol–water partition coefficient (Wildman–Crippen LogP) is 3.34. The summed E-state index contributed by atoms with van der Waals surface area (Å²) in [5, 5.41) is 0. The zero-order valence-electron chi connectivity index (χ0n) is 24.5. The normalized spacial score (nSPS) is 26.6. The Hall–Kier alpha value is -1.02. The average Bonchev–Trinajstić information content (AvgIpc) is 3.56. The molecule has 204 valence electrons. The van der Waals surface area contributed by atoms with Gasteiger partial charge in [-0.15, -0.1) is 6.92 Å².